The molecule has 38 heavy (non-hydrogen) atoms. The van der Waals surface area contributed by atoms with Gasteiger partial charge in [-0.1, -0.05) is 0 Å². The number of hydrogen-bond acceptors (Lipinski definition) is 7. The van der Waals surface area contributed by atoms with Gasteiger partial charge in [-0.05, 0) is 46.8 Å². The van der Waals surface area contributed by atoms with Crippen molar-refractivity contribution in [2.75, 3.05) is 24.5 Å². The Hall–Kier alpha value is -4.15. The standard InChI is InChI=1S/C27H29F2N7O2/c1-16-13-34(8-9-35(16)26(37)38-27(3,4)5)24-22-21(23-17(2)30-6-7-31-23)14-36(25(22)33-15-32-24)20-11-18(28)10-19(29)12-20/h6-7,10-12,14-16H,8-9,13H2,1-5H3. The number of carbonyl (C=O) groups excluding carboxylic acids is 1. The van der Waals surface area contributed by atoms with Crippen molar-refractivity contribution in [3.63, 3.8) is 0 Å². The van der Waals surface area contributed by atoms with E-state index in [1.807, 2.05) is 34.6 Å². The molecule has 9 nitrogen and oxygen atoms in total. The van der Waals surface area contributed by atoms with Gasteiger partial charge in [0.2, 0.25) is 0 Å². The van der Waals surface area contributed by atoms with Crippen molar-refractivity contribution in [3.8, 4) is 16.9 Å². The number of fused-ring (bicyclic) bond motifs is 1. The molecular weight excluding hydrogens is 492 g/mol. The van der Waals surface area contributed by atoms with Crippen LogP contribution in [0.25, 0.3) is 28.0 Å². The molecule has 3 aromatic heterocycles. The average Bonchev–Trinajstić information content (AvgIpc) is 3.22. The molecule has 1 atom stereocenters. The fraction of sp³-hybridized carbons (Fsp3) is 0.370. The Kier molecular flexibility index (Phi) is 6.46. The molecule has 1 saturated heterocycles. The van der Waals surface area contributed by atoms with Crippen LogP contribution in [0.15, 0.2) is 43.1 Å². The lowest BCUT2D eigenvalue weighted by molar-refractivity contribution is 0.0158. The molecule has 5 rings (SSSR count). The van der Waals surface area contributed by atoms with Crippen LogP contribution in [0.5, 0.6) is 0 Å². The summed E-state index contributed by atoms with van der Waals surface area (Å²) in [5.74, 6) is -0.748. The van der Waals surface area contributed by atoms with Gasteiger partial charge in [-0.15, -0.1) is 0 Å². The first-order valence-electron chi connectivity index (χ1n) is 12.4. The molecule has 0 spiro atoms. The number of aromatic nitrogens is 5. The molecule has 11 heteroatoms. The molecule has 1 amide bonds. The Labute approximate surface area is 219 Å². The van der Waals surface area contributed by atoms with Gasteiger partial charge in [0, 0.05) is 55.9 Å². The van der Waals surface area contributed by atoms with Crippen LogP contribution in [0.2, 0.25) is 0 Å². The lowest BCUT2D eigenvalue weighted by Crippen LogP contribution is -2.55. The molecule has 1 unspecified atom stereocenters. The van der Waals surface area contributed by atoms with E-state index in [2.05, 4.69) is 24.8 Å². The number of amides is 1. The van der Waals surface area contributed by atoms with E-state index in [0.29, 0.717) is 53.4 Å². The number of benzene rings is 1. The van der Waals surface area contributed by atoms with Crippen molar-refractivity contribution < 1.29 is 18.3 Å². The number of carbonyl (C=O) groups is 1. The van der Waals surface area contributed by atoms with E-state index >= 15 is 0 Å². The smallest absolute Gasteiger partial charge is 0.410 e. The molecule has 198 valence electrons. The van der Waals surface area contributed by atoms with Gasteiger partial charge in [0.15, 0.2) is 5.65 Å². The molecule has 0 aliphatic carbocycles. The molecule has 4 heterocycles. The summed E-state index contributed by atoms with van der Waals surface area (Å²) in [5, 5.41) is 0.679. The summed E-state index contributed by atoms with van der Waals surface area (Å²) in [7, 11) is 0. The number of hydrogen-bond donors (Lipinski definition) is 0. The summed E-state index contributed by atoms with van der Waals surface area (Å²) in [6.07, 6.45) is 6.04. The number of halogens is 2. The fourth-order valence-electron chi connectivity index (χ4n) is 4.75. The Bertz CT molecular complexity index is 1500. The Balaban J connectivity index is 1.61. The molecule has 1 aliphatic heterocycles. The van der Waals surface area contributed by atoms with Crippen LogP contribution in [-0.2, 0) is 4.74 Å². The first-order chi connectivity index (χ1) is 18.0. The number of ether oxygens (including phenoxy) is 1. The molecule has 1 fully saturated rings. The van der Waals surface area contributed by atoms with E-state index in [9.17, 15) is 13.6 Å². The number of piperazine rings is 1. The average molecular weight is 522 g/mol. The maximum absolute atomic E-state index is 14.2. The SMILES string of the molecule is Cc1nccnc1-c1cn(-c2cc(F)cc(F)c2)c2ncnc(N3CCN(C(=O)OC(C)(C)C)C(C)C3)c12. The van der Waals surface area contributed by atoms with Gasteiger partial charge >= 0.3 is 6.09 Å². The third-order valence-corrected chi connectivity index (χ3v) is 6.38. The Morgan fingerprint density at radius 2 is 1.74 bits per heavy atom. The maximum atomic E-state index is 14.2. The van der Waals surface area contributed by atoms with Crippen LogP contribution in [-0.4, -0.2) is 66.8 Å². The van der Waals surface area contributed by atoms with Crippen LogP contribution < -0.4 is 4.90 Å². The highest BCUT2D eigenvalue weighted by Crippen LogP contribution is 2.37. The minimum atomic E-state index is -0.694. The van der Waals surface area contributed by atoms with E-state index in [4.69, 9.17) is 4.74 Å². The van der Waals surface area contributed by atoms with Crippen molar-refractivity contribution in [1.82, 2.24) is 29.4 Å². The molecule has 0 N–H and O–H groups in total. The highest BCUT2D eigenvalue weighted by molar-refractivity contribution is 6.02. The van der Waals surface area contributed by atoms with Crippen molar-refractivity contribution in [1.29, 1.82) is 0 Å². The van der Waals surface area contributed by atoms with E-state index < -0.39 is 17.2 Å². The van der Waals surface area contributed by atoms with Crippen LogP contribution in [0.3, 0.4) is 0 Å². The van der Waals surface area contributed by atoms with Crippen LogP contribution in [0, 0.1) is 18.6 Å². The van der Waals surface area contributed by atoms with Gasteiger partial charge in [-0.3, -0.25) is 9.97 Å². The Morgan fingerprint density at radius 3 is 2.39 bits per heavy atom. The first-order valence-corrected chi connectivity index (χ1v) is 12.4. The predicted molar refractivity (Wildman–Crippen MR) is 139 cm³/mol. The number of anilines is 1. The predicted octanol–water partition coefficient (Wildman–Crippen LogP) is 4.91. The summed E-state index contributed by atoms with van der Waals surface area (Å²) in [6, 6.07) is 3.18. The van der Waals surface area contributed by atoms with Gasteiger partial charge in [0.25, 0.3) is 0 Å². The Morgan fingerprint density at radius 1 is 1.03 bits per heavy atom. The second-order valence-corrected chi connectivity index (χ2v) is 10.4. The highest BCUT2D eigenvalue weighted by atomic mass is 19.1. The topological polar surface area (TPSA) is 89.3 Å². The van der Waals surface area contributed by atoms with Crippen molar-refractivity contribution >= 4 is 22.9 Å². The van der Waals surface area contributed by atoms with Crippen molar-refractivity contribution in [2.24, 2.45) is 0 Å². The summed E-state index contributed by atoms with van der Waals surface area (Å²) in [5.41, 5.74) is 2.16. The van der Waals surface area contributed by atoms with E-state index in [1.54, 1.807) is 28.1 Å². The van der Waals surface area contributed by atoms with Gasteiger partial charge < -0.3 is 19.1 Å². The zero-order valence-electron chi connectivity index (χ0n) is 21.9. The lowest BCUT2D eigenvalue weighted by Gasteiger charge is -2.40. The highest BCUT2D eigenvalue weighted by Gasteiger charge is 2.33. The zero-order chi connectivity index (χ0) is 27.2. The van der Waals surface area contributed by atoms with Crippen LogP contribution in [0.4, 0.5) is 19.4 Å². The van der Waals surface area contributed by atoms with Gasteiger partial charge in [0.05, 0.1) is 22.5 Å². The van der Waals surface area contributed by atoms with E-state index in [0.717, 1.165) is 6.07 Å². The normalized spacial score (nSPS) is 16.2. The van der Waals surface area contributed by atoms with E-state index in [-0.39, 0.29) is 17.8 Å². The van der Waals surface area contributed by atoms with Crippen molar-refractivity contribution in [2.45, 2.75) is 46.3 Å². The third-order valence-electron chi connectivity index (χ3n) is 6.38. The summed E-state index contributed by atoms with van der Waals surface area (Å²) in [6.45, 7) is 10.8. The molecule has 0 bridgehead atoms. The number of aryl methyl sites for hydroxylation is 1. The molecule has 1 aliphatic rings. The summed E-state index contributed by atoms with van der Waals surface area (Å²) in [4.78, 5) is 34.6. The van der Waals surface area contributed by atoms with Gasteiger partial charge in [-0.2, -0.15) is 0 Å². The van der Waals surface area contributed by atoms with Crippen LogP contribution >= 0.6 is 0 Å². The molecule has 0 radical (unpaired) electrons. The first kappa shape index (κ1) is 25.5. The van der Waals surface area contributed by atoms with E-state index in [1.165, 1.54) is 18.5 Å². The molecule has 4 aromatic rings. The second-order valence-electron chi connectivity index (χ2n) is 10.4. The lowest BCUT2D eigenvalue weighted by atomic mass is 10.1. The minimum Gasteiger partial charge on any atom is -0.444 e. The quantitative estimate of drug-likeness (QED) is 0.378. The monoisotopic (exact) mass is 521 g/mol. The fourth-order valence-corrected chi connectivity index (χ4v) is 4.75. The van der Waals surface area contributed by atoms with Crippen LogP contribution in [0.1, 0.15) is 33.4 Å². The second kappa shape index (κ2) is 9.62. The minimum absolute atomic E-state index is 0.148. The summed E-state index contributed by atoms with van der Waals surface area (Å²) < 4.78 is 35.6. The number of nitrogens with zero attached hydrogens (tertiary/aromatic N) is 7. The zero-order valence-corrected chi connectivity index (χ0v) is 21.9. The molecule has 1 aromatic carbocycles. The van der Waals surface area contributed by atoms with Gasteiger partial charge in [0.1, 0.15) is 29.4 Å². The molecule has 0 saturated carbocycles. The van der Waals surface area contributed by atoms with Crippen molar-refractivity contribution in [3.05, 3.63) is 60.4 Å². The van der Waals surface area contributed by atoms with Gasteiger partial charge in [-0.25, -0.2) is 23.5 Å². The number of rotatable bonds is 3. The summed E-state index contributed by atoms with van der Waals surface area (Å²) >= 11 is 0. The molecular formula is C27H29F2N7O2. The maximum Gasteiger partial charge on any atom is 0.410 e. The third kappa shape index (κ3) is 4.88. The largest absolute Gasteiger partial charge is 0.444 e.